The van der Waals surface area contributed by atoms with Crippen LogP contribution in [-0.2, 0) is 16.0 Å². The Kier molecular flexibility index (Phi) is 7.08. The van der Waals surface area contributed by atoms with Crippen molar-refractivity contribution in [2.24, 2.45) is 0 Å². The molecule has 1 amide bonds. The largest absolute Gasteiger partial charge is 0.457 e. The number of carbonyl (C=O) groups excluding carboxylic acids is 2. The van der Waals surface area contributed by atoms with Gasteiger partial charge in [-0.1, -0.05) is 48.5 Å². The van der Waals surface area contributed by atoms with Crippen LogP contribution in [0.3, 0.4) is 0 Å². The van der Waals surface area contributed by atoms with Gasteiger partial charge in [-0.15, -0.1) is 0 Å². The highest BCUT2D eigenvalue weighted by atomic mass is 16.5. The molecule has 172 valence electrons. The van der Waals surface area contributed by atoms with Gasteiger partial charge >= 0.3 is 6.09 Å². The van der Waals surface area contributed by atoms with E-state index in [0.29, 0.717) is 6.42 Å². The molecule has 0 aliphatic carbocycles. The van der Waals surface area contributed by atoms with E-state index >= 15 is 0 Å². The van der Waals surface area contributed by atoms with Crippen molar-refractivity contribution in [1.82, 2.24) is 9.88 Å². The average Bonchev–Trinajstić information content (AvgIpc) is 3.22. The Morgan fingerprint density at radius 2 is 1.62 bits per heavy atom. The van der Waals surface area contributed by atoms with Crippen LogP contribution in [0, 0.1) is 0 Å². The second-order valence-corrected chi connectivity index (χ2v) is 7.94. The third-order valence-corrected chi connectivity index (χ3v) is 5.37. The van der Waals surface area contributed by atoms with Gasteiger partial charge in [0.2, 0.25) is 5.91 Å². The number of aromatic nitrogens is 1. The van der Waals surface area contributed by atoms with E-state index in [-0.39, 0.29) is 11.9 Å². The molecule has 6 nitrogen and oxygen atoms in total. The van der Waals surface area contributed by atoms with Crippen LogP contribution < -0.4 is 10.1 Å². The highest BCUT2D eigenvalue weighted by Crippen LogP contribution is 2.23. The van der Waals surface area contributed by atoms with Crippen molar-refractivity contribution < 1.29 is 19.1 Å². The lowest BCUT2D eigenvalue weighted by atomic mass is 10.1. The van der Waals surface area contributed by atoms with Crippen molar-refractivity contribution in [1.29, 1.82) is 0 Å². The summed E-state index contributed by atoms with van der Waals surface area (Å²) >= 11 is 0. The van der Waals surface area contributed by atoms with E-state index in [4.69, 9.17) is 9.47 Å². The van der Waals surface area contributed by atoms with E-state index in [1.165, 1.54) is 17.8 Å². The Morgan fingerprint density at radius 1 is 0.941 bits per heavy atom. The number of carbonyl (C=O) groups is 2. The SMILES string of the molecule is COC(=O)n1cc(C[C@@H](C)NC(=O)C=Cc2ccc(Oc3ccccc3)cc2)c2ccccc21. The van der Waals surface area contributed by atoms with Crippen LogP contribution >= 0.6 is 0 Å². The first-order chi connectivity index (χ1) is 16.5. The molecule has 0 spiro atoms. The maximum absolute atomic E-state index is 12.4. The Bertz CT molecular complexity index is 1310. The number of benzene rings is 3. The Balaban J connectivity index is 1.36. The summed E-state index contributed by atoms with van der Waals surface area (Å²) in [5, 5.41) is 3.94. The average molecular weight is 455 g/mol. The number of ether oxygens (including phenoxy) is 2. The second kappa shape index (κ2) is 10.5. The third-order valence-electron chi connectivity index (χ3n) is 5.37. The lowest BCUT2D eigenvalue weighted by Crippen LogP contribution is -2.32. The van der Waals surface area contributed by atoms with Crippen molar-refractivity contribution in [3.8, 4) is 11.5 Å². The molecule has 1 N–H and O–H groups in total. The number of para-hydroxylation sites is 2. The summed E-state index contributed by atoms with van der Waals surface area (Å²) in [6.07, 6.45) is 5.19. The predicted octanol–water partition coefficient (Wildman–Crippen LogP) is 5.81. The minimum Gasteiger partial charge on any atom is -0.457 e. The maximum Gasteiger partial charge on any atom is 0.418 e. The molecule has 4 aromatic rings. The molecule has 0 aliphatic heterocycles. The van der Waals surface area contributed by atoms with Crippen LogP contribution in [0.5, 0.6) is 11.5 Å². The van der Waals surface area contributed by atoms with Crippen LogP contribution in [0.4, 0.5) is 4.79 Å². The summed E-state index contributed by atoms with van der Waals surface area (Å²) in [4.78, 5) is 24.5. The first-order valence-electron chi connectivity index (χ1n) is 11.0. The Hall–Kier alpha value is -4.32. The minimum absolute atomic E-state index is 0.129. The zero-order valence-electron chi connectivity index (χ0n) is 19.1. The maximum atomic E-state index is 12.4. The highest BCUT2D eigenvalue weighted by Gasteiger charge is 2.16. The molecule has 0 radical (unpaired) electrons. The van der Waals surface area contributed by atoms with Crippen LogP contribution in [0.15, 0.2) is 91.1 Å². The number of hydrogen-bond acceptors (Lipinski definition) is 4. The lowest BCUT2D eigenvalue weighted by molar-refractivity contribution is -0.117. The molecular formula is C28H26N2O4. The summed E-state index contributed by atoms with van der Waals surface area (Å²) < 4.78 is 12.2. The molecule has 4 rings (SSSR count). The monoisotopic (exact) mass is 454 g/mol. The third kappa shape index (κ3) is 5.53. The molecule has 1 aromatic heterocycles. The first kappa shape index (κ1) is 22.9. The molecule has 0 fully saturated rings. The van der Waals surface area contributed by atoms with Crippen LogP contribution in [0.1, 0.15) is 18.1 Å². The smallest absolute Gasteiger partial charge is 0.418 e. The van der Waals surface area contributed by atoms with Crippen LogP contribution in [0.25, 0.3) is 17.0 Å². The van der Waals surface area contributed by atoms with Gasteiger partial charge in [-0.05, 0) is 60.9 Å². The number of nitrogens with one attached hydrogen (secondary N) is 1. The molecule has 3 aromatic carbocycles. The normalized spacial score (nSPS) is 11.9. The van der Waals surface area contributed by atoms with Gasteiger partial charge in [-0.3, -0.25) is 9.36 Å². The van der Waals surface area contributed by atoms with Gasteiger partial charge in [0.1, 0.15) is 11.5 Å². The fourth-order valence-electron chi connectivity index (χ4n) is 3.78. The number of nitrogens with zero attached hydrogens (tertiary/aromatic N) is 1. The molecule has 6 heteroatoms. The molecule has 0 saturated carbocycles. The Morgan fingerprint density at radius 3 is 2.35 bits per heavy atom. The summed E-state index contributed by atoms with van der Waals surface area (Å²) in [7, 11) is 1.36. The van der Waals surface area contributed by atoms with Gasteiger partial charge in [0.15, 0.2) is 0 Å². The Labute approximate surface area is 198 Å². The van der Waals surface area contributed by atoms with E-state index in [2.05, 4.69) is 5.32 Å². The number of rotatable bonds is 7. The number of hydrogen-bond donors (Lipinski definition) is 1. The van der Waals surface area contributed by atoms with E-state index in [0.717, 1.165) is 33.5 Å². The van der Waals surface area contributed by atoms with Crippen molar-refractivity contribution in [3.05, 3.63) is 102 Å². The van der Waals surface area contributed by atoms with Crippen molar-refractivity contribution in [3.63, 3.8) is 0 Å². The molecule has 0 unspecified atom stereocenters. The number of methoxy groups -OCH3 is 1. The van der Waals surface area contributed by atoms with Gasteiger partial charge in [0.25, 0.3) is 0 Å². The molecule has 0 bridgehead atoms. The second-order valence-electron chi connectivity index (χ2n) is 7.94. The number of fused-ring (bicyclic) bond motifs is 1. The van der Waals surface area contributed by atoms with Crippen LogP contribution in [-0.4, -0.2) is 29.7 Å². The van der Waals surface area contributed by atoms with E-state index in [9.17, 15) is 9.59 Å². The van der Waals surface area contributed by atoms with E-state index in [1.54, 1.807) is 12.3 Å². The predicted molar refractivity (Wildman–Crippen MR) is 133 cm³/mol. The zero-order chi connectivity index (χ0) is 23.9. The minimum atomic E-state index is -0.442. The van der Waals surface area contributed by atoms with Gasteiger partial charge < -0.3 is 14.8 Å². The number of amides is 1. The van der Waals surface area contributed by atoms with Gasteiger partial charge in [-0.2, -0.15) is 0 Å². The van der Waals surface area contributed by atoms with Crippen molar-refractivity contribution in [2.45, 2.75) is 19.4 Å². The molecular weight excluding hydrogens is 428 g/mol. The topological polar surface area (TPSA) is 69.6 Å². The quantitative estimate of drug-likeness (QED) is 0.358. The van der Waals surface area contributed by atoms with Crippen molar-refractivity contribution in [2.75, 3.05) is 7.11 Å². The van der Waals surface area contributed by atoms with Crippen molar-refractivity contribution >= 4 is 29.0 Å². The standard InChI is InChI=1S/C28H26N2O4/c1-20(18-22-19-30(28(32)33-2)26-11-7-6-10-25(22)26)29-27(31)17-14-21-12-15-24(16-13-21)34-23-8-4-3-5-9-23/h3-17,19-20H,18H2,1-2H3,(H,29,31)/t20-/m1/s1. The molecule has 34 heavy (non-hydrogen) atoms. The van der Waals surface area contributed by atoms with Crippen LogP contribution in [0.2, 0.25) is 0 Å². The molecule has 1 atom stereocenters. The fraction of sp³-hybridized carbons (Fsp3) is 0.143. The summed E-state index contributed by atoms with van der Waals surface area (Å²) in [5.41, 5.74) is 2.64. The summed E-state index contributed by atoms with van der Waals surface area (Å²) in [6, 6.07) is 24.6. The highest BCUT2D eigenvalue weighted by molar-refractivity contribution is 5.93. The van der Waals surface area contributed by atoms with Gasteiger partial charge in [0.05, 0.1) is 12.6 Å². The fourth-order valence-corrected chi connectivity index (χ4v) is 3.78. The first-order valence-corrected chi connectivity index (χ1v) is 11.0. The van der Waals surface area contributed by atoms with Gasteiger partial charge in [-0.25, -0.2) is 4.79 Å². The summed E-state index contributed by atoms with van der Waals surface area (Å²) in [6.45, 7) is 1.94. The zero-order valence-corrected chi connectivity index (χ0v) is 19.1. The van der Waals surface area contributed by atoms with E-state index in [1.807, 2.05) is 85.8 Å². The molecule has 0 saturated heterocycles. The lowest BCUT2D eigenvalue weighted by Gasteiger charge is -2.12. The summed E-state index contributed by atoms with van der Waals surface area (Å²) in [5.74, 6) is 1.32. The van der Waals surface area contributed by atoms with E-state index < -0.39 is 6.09 Å². The molecule has 0 aliphatic rings. The van der Waals surface area contributed by atoms with Gasteiger partial charge in [0, 0.05) is 23.7 Å². The molecule has 1 heterocycles.